The van der Waals surface area contributed by atoms with Crippen LogP contribution < -0.4 is 11.5 Å². The number of aliphatic imine (C=N–C) groups is 1. The van der Waals surface area contributed by atoms with Gasteiger partial charge >= 0.3 is 12.4 Å². The molecule has 0 amide bonds. The van der Waals surface area contributed by atoms with Crippen LogP contribution >= 0.6 is 23.4 Å². The van der Waals surface area contributed by atoms with E-state index in [0.29, 0.717) is 0 Å². The first-order valence-electron chi connectivity index (χ1n) is 6.47. The Morgan fingerprint density at radius 3 is 2.24 bits per heavy atom. The van der Waals surface area contributed by atoms with Crippen molar-refractivity contribution in [2.24, 2.45) is 26.7 Å². The van der Waals surface area contributed by atoms with Gasteiger partial charge < -0.3 is 11.5 Å². The molecule has 1 aromatic rings. The number of alkyl halides is 6. The second-order valence-electron chi connectivity index (χ2n) is 4.89. The Bertz CT molecular complexity index is 732. The maximum Gasteiger partial charge on any atom is 0.440 e. The van der Waals surface area contributed by atoms with Crippen LogP contribution in [0.15, 0.2) is 32.2 Å². The number of azo groups is 1. The number of thioether (sulfide) groups is 1. The number of nitrogens with two attached hydrogens (primary N) is 2. The third-order valence-corrected chi connectivity index (χ3v) is 4.58. The molecule has 1 aliphatic rings. The smallest absolute Gasteiger partial charge is 0.367 e. The lowest BCUT2D eigenvalue weighted by atomic mass is 9.98. The predicted molar refractivity (Wildman–Crippen MR) is 80.3 cm³/mol. The number of benzene rings is 1. The largest absolute Gasteiger partial charge is 0.440 e. The minimum Gasteiger partial charge on any atom is -0.367 e. The third-order valence-electron chi connectivity index (χ3n) is 3.11. The molecule has 0 saturated carbocycles. The number of guanidine groups is 1. The van der Waals surface area contributed by atoms with Crippen molar-refractivity contribution < 1.29 is 26.3 Å². The average Bonchev–Trinajstić information content (AvgIpc) is 2.87. The number of hydrogen-bond donors (Lipinski definition) is 2. The zero-order valence-corrected chi connectivity index (χ0v) is 13.7. The molecule has 0 spiro atoms. The van der Waals surface area contributed by atoms with Gasteiger partial charge in [0.05, 0.1) is 5.75 Å². The molecule has 1 aliphatic heterocycles. The van der Waals surface area contributed by atoms with E-state index in [4.69, 9.17) is 23.1 Å². The van der Waals surface area contributed by atoms with Crippen LogP contribution in [0.2, 0.25) is 5.02 Å². The van der Waals surface area contributed by atoms with Crippen LogP contribution in [0.25, 0.3) is 0 Å². The Kier molecular flexibility index (Phi) is 5.26. The highest BCUT2D eigenvalue weighted by Crippen LogP contribution is 2.49. The molecule has 0 bridgehead atoms. The fraction of sp³-hybridized carbons (Fsp3) is 0.417. The summed E-state index contributed by atoms with van der Waals surface area (Å²) in [7, 11) is 0. The zero-order chi connectivity index (χ0) is 19.0. The van der Waals surface area contributed by atoms with Crippen molar-refractivity contribution >= 4 is 29.3 Å². The lowest BCUT2D eigenvalue weighted by Gasteiger charge is -2.26. The molecule has 1 unspecified atom stereocenters. The molecule has 0 fully saturated rings. The Balaban J connectivity index is 2.59. The summed E-state index contributed by atoms with van der Waals surface area (Å²) in [6, 6.07) is 1.90. The van der Waals surface area contributed by atoms with E-state index in [2.05, 4.69) is 15.2 Å². The first-order chi connectivity index (χ1) is 11.4. The standard InChI is InChI=1S/C12H10ClF6N5S/c13-7-1-5(3-20)8(25-4-10(14,15)16)2-6(7)11(12(17,18)19)22-9(21)23-24-11/h1-2H,3-4,20H2,(H2,21,22). The van der Waals surface area contributed by atoms with E-state index >= 15 is 0 Å². The van der Waals surface area contributed by atoms with Crippen LogP contribution in [0, 0.1) is 0 Å². The summed E-state index contributed by atoms with van der Waals surface area (Å²) in [5, 5.41) is 5.76. The molecule has 0 saturated heterocycles. The van der Waals surface area contributed by atoms with Crippen molar-refractivity contribution in [2.45, 2.75) is 29.5 Å². The molecular weight excluding hydrogens is 396 g/mol. The highest BCUT2D eigenvalue weighted by Gasteiger charge is 2.60. The number of nitrogens with zero attached hydrogens (tertiary/aromatic N) is 3. The third kappa shape index (κ3) is 4.01. The summed E-state index contributed by atoms with van der Waals surface area (Å²) in [6.45, 7) is -0.216. The molecule has 0 radical (unpaired) electrons. The molecule has 13 heteroatoms. The molecule has 2 rings (SSSR count). The van der Waals surface area contributed by atoms with Gasteiger partial charge in [0.1, 0.15) is 0 Å². The van der Waals surface area contributed by atoms with Gasteiger partial charge in [-0.25, -0.2) is 4.99 Å². The van der Waals surface area contributed by atoms with Gasteiger partial charge in [0.25, 0.3) is 5.66 Å². The number of rotatable bonds is 4. The van der Waals surface area contributed by atoms with Crippen molar-refractivity contribution in [1.82, 2.24) is 0 Å². The van der Waals surface area contributed by atoms with Gasteiger partial charge in [-0.3, -0.25) is 0 Å². The fourth-order valence-corrected chi connectivity index (χ4v) is 3.20. The van der Waals surface area contributed by atoms with Crippen LogP contribution in [0.3, 0.4) is 0 Å². The van der Waals surface area contributed by atoms with Crippen LogP contribution in [0.1, 0.15) is 11.1 Å². The van der Waals surface area contributed by atoms with Gasteiger partial charge in [-0.15, -0.1) is 22.0 Å². The Morgan fingerprint density at radius 2 is 1.80 bits per heavy atom. The quantitative estimate of drug-likeness (QED) is 0.587. The van der Waals surface area contributed by atoms with Crippen molar-refractivity contribution in [2.75, 3.05) is 5.75 Å². The second kappa shape index (κ2) is 6.65. The van der Waals surface area contributed by atoms with Crippen molar-refractivity contribution in [3.63, 3.8) is 0 Å². The van der Waals surface area contributed by atoms with Crippen molar-refractivity contribution in [3.8, 4) is 0 Å². The maximum absolute atomic E-state index is 13.6. The van der Waals surface area contributed by atoms with Crippen molar-refractivity contribution in [1.29, 1.82) is 0 Å². The summed E-state index contributed by atoms with van der Waals surface area (Å²) in [4.78, 5) is 3.10. The van der Waals surface area contributed by atoms with Crippen LogP contribution in [-0.2, 0) is 12.2 Å². The van der Waals surface area contributed by atoms with Gasteiger partial charge in [0.15, 0.2) is 0 Å². The molecule has 1 atom stereocenters. The second-order valence-corrected chi connectivity index (χ2v) is 6.31. The predicted octanol–water partition coefficient (Wildman–Crippen LogP) is 3.95. The summed E-state index contributed by atoms with van der Waals surface area (Å²) in [5.74, 6) is -2.03. The first-order valence-corrected chi connectivity index (χ1v) is 7.83. The van der Waals surface area contributed by atoms with Crippen LogP contribution in [0.5, 0.6) is 0 Å². The summed E-state index contributed by atoms with van der Waals surface area (Å²) in [5.41, 5.74) is 6.90. The number of hydrogen-bond acceptors (Lipinski definition) is 6. The van der Waals surface area contributed by atoms with Gasteiger partial charge in [0, 0.05) is 22.0 Å². The molecular formula is C12H10ClF6N5S. The molecule has 25 heavy (non-hydrogen) atoms. The lowest BCUT2D eigenvalue weighted by Crippen LogP contribution is -2.38. The Labute approximate surface area is 146 Å². The SMILES string of the molecule is NCc1cc(Cl)c(C2(C(F)(F)F)N=NC(N)=N2)cc1SCC(F)(F)F. The zero-order valence-electron chi connectivity index (χ0n) is 12.1. The highest BCUT2D eigenvalue weighted by molar-refractivity contribution is 7.99. The molecule has 5 nitrogen and oxygen atoms in total. The van der Waals surface area contributed by atoms with E-state index in [1.165, 1.54) is 0 Å². The van der Waals surface area contributed by atoms with E-state index in [-0.39, 0.29) is 28.8 Å². The summed E-state index contributed by atoms with van der Waals surface area (Å²) < 4.78 is 78.0. The Hall–Kier alpha value is -1.53. The van der Waals surface area contributed by atoms with Crippen LogP contribution in [0.4, 0.5) is 26.3 Å². The van der Waals surface area contributed by atoms with E-state index < -0.39 is 40.3 Å². The van der Waals surface area contributed by atoms with E-state index in [9.17, 15) is 26.3 Å². The van der Waals surface area contributed by atoms with Crippen molar-refractivity contribution in [3.05, 3.63) is 28.3 Å². The van der Waals surface area contributed by atoms with Gasteiger partial charge in [0.2, 0.25) is 5.96 Å². The van der Waals surface area contributed by atoms with E-state index in [1.807, 2.05) is 0 Å². The van der Waals surface area contributed by atoms with E-state index in [1.54, 1.807) is 0 Å². The summed E-state index contributed by atoms with van der Waals surface area (Å²) >= 11 is 6.18. The topological polar surface area (TPSA) is 89.1 Å². The Morgan fingerprint density at radius 1 is 1.16 bits per heavy atom. The monoisotopic (exact) mass is 405 g/mol. The molecule has 4 N–H and O–H groups in total. The van der Waals surface area contributed by atoms with Crippen LogP contribution in [-0.4, -0.2) is 24.1 Å². The minimum atomic E-state index is -5.06. The van der Waals surface area contributed by atoms with Gasteiger partial charge in [-0.2, -0.15) is 26.3 Å². The highest BCUT2D eigenvalue weighted by atomic mass is 35.5. The first kappa shape index (κ1) is 19.8. The molecule has 1 aromatic carbocycles. The summed E-state index contributed by atoms with van der Waals surface area (Å²) in [6.07, 6.45) is -9.58. The average molecular weight is 406 g/mol. The number of halogens is 7. The minimum absolute atomic E-state index is 0.112. The molecule has 138 valence electrons. The molecule has 1 heterocycles. The van der Waals surface area contributed by atoms with Gasteiger partial charge in [-0.05, 0) is 17.7 Å². The molecule has 0 aliphatic carbocycles. The van der Waals surface area contributed by atoms with E-state index in [0.717, 1.165) is 12.1 Å². The maximum atomic E-state index is 13.6. The lowest BCUT2D eigenvalue weighted by molar-refractivity contribution is -0.186. The van der Waals surface area contributed by atoms with Gasteiger partial charge in [-0.1, -0.05) is 11.6 Å². The fourth-order valence-electron chi connectivity index (χ4n) is 2.04. The molecule has 0 aromatic heterocycles. The normalized spacial score (nSPS) is 20.9.